The molecule has 0 amide bonds. The van der Waals surface area contributed by atoms with Crippen molar-refractivity contribution in [2.45, 2.75) is 19.3 Å². The molecule has 3 nitrogen and oxygen atoms in total. The molecule has 4 heteroatoms. The van der Waals surface area contributed by atoms with Crippen molar-refractivity contribution in [2.75, 3.05) is 7.11 Å². The molecule has 0 N–H and O–H groups in total. The highest BCUT2D eigenvalue weighted by Crippen LogP contribution is 2.47. The van der Waals surface area contributed by atoms with Crippen LogP contribution < -0.4 is 7.80 Å². The number of Topliss-reactive ketones (excluding diaryl/α,β-unsaturated/α-hetero) is 1. The van der Waals surface area contributed by atoms with Crippen molar-refractivity contribution in [1.29, 1.82) is 0 Å². The second-order valence-corrected chi connectivity index (χ2v) is 6.49. The minimum Gasteiger partial charge on any atom is -0.493 e. The maximum absolute atomic E-state index is 12.9. The molecule has 0 bridgehead atoms. The van der Waals surface area contributed by atoms with E-state index in [4.69, 9.17) is 7.80 Å². The van der Waals surface area contributed by atoms with Crippen molar-refractivity contribution >= 4 is 34.9 Å². The van der Waals surface area contributed by atoms with Crippen LogP contribution in [-0.4, -0.2) is 12.9 Å². The van der Waals surface area contributed by atoms with Crippen LogP contribution in [-0.2, 0) is 5.41 Å². The molecule has 2 aromatic carbocycles. The van der Waals surface area contributed by atoms with Gasteiger partial charge in [-0.25, -0.2) is 0 Å². The van der Waals surface area contributed by atoms with Gasteiger partial charge in [-0.05, 0) is 29.3 Å². The lowest BCUT2D eigenvalue weighted by Crippen LogP contribution is -2.17. The van der Waals surface area contributed by atoms with Gasteiger partial charge in [0.05, 0.1) is 7.11 Å². The van der Waals surface area contributed by atoms with Crippen LogP contribution in [0.1, 0.15) is 35.3 Å². The van der Waals surface area contributed by atoms with E-state index in [1.54, 1.807) is 13.2 Å². The third kappa shape index (κ3) is 2.65. The lowest BCUT2D eigenvalue weighted by Gasteiger charge is -2.21. The van der Waals surface area contributed by atoms with Gasteiger partial charge in [0.15, 0.2) is 40.3 Å². The Labute approximate surface area is 150 Å². The normalized spacial score (nSPS) is 17.2. The molecule has 1 aliphatic rings. The fourth-order valence-electron chi connectivity index (χ4n) is 3.02. The number of methoxy groups -OCH3 is 1. The van der Waals surface area contributed by atoms with Crippen molar-refractivity contribution < 1.29 is 12.6 Å². The summed E-state index contributed by atoms with van der Waals surface area (Å²) in [7, 11) is 1.58. The first-order valence-corrected chi connectivity index (χ1v) is 8.20. The first-order valence-electron chi connectivity index (χ1n) is 7.32. The first kappa shape index (κ1) is 16.1. The van der Waals surface area contributed by atoms with E-state index in [-0.39, 0.29) is 11.2 Å². The first-order chi connectivity index (χ1) is 11.0. The van der Waals surface area contributed by atoms with E-state index in [0.717, 1.165) is 16.7 Å². The summed E-state index contributed by atoms with van der Waals surface area (Å²) in [6.07, 6.45) is 1.97. The molecule has 0 heterocycles. The maximum atomic E-state index is 12.9. The van der Waals surface area contributed by atoms with Crippen LogP contribution >= 0.6 is 23.0 Å². The Hall–Kier alpha value is -1.82. The third-order valence-electron chi connectivity index (χ3n) is 4.33. The van der Waals surface area contributed by atoms with Crippen LogP contribution in [0.25, 0.3) is 6.08 Å². The number of benzene rings is 2. The summed E-state index contributed by atoms with van der Waals surface area (Å²) in [5, 5.41) is 0. The van der Waals surface area contributed by atoms with Gasteiger partial charge in [0.2, 0.25) is 0 Å². The average molecular weight is 420 g/mol. The highest BCUT2D eigenvalue weighted by Gasteiger charge is 2.42. The quantitative estimate of drug-likeness (QED) is 0.519. The molecule has 0 radical (unpaired) electrons. The van der Waals surface area contributed by atoms with Gasteiger partial charge in [-0.2, -0.15) is 0 Å². The van der Waals surface area contributed by atoms with Gasteiger partial charge in [-0.3, -0.25) is 4.79 Å². The molecule has 0 spiro atoms. The zero-order valence-electron chi connectivity index (χ0n) is 13.2. The van der Waals surface area contributed by atoms with E-state index in [9.17, 15) is 4.79 Å². The summed E-state index contributed by atoms with van der Waals surface area (Å²) in [5.41, 5.74) is 3.09. The van der Waals surface area contributed by atoms with Crippen molar-refractivity contribution in [1.82, 2.24) is 0 Å². The zero-order chi connectivity index (χ0) is 16.6. The molecule has 0 aliphatic heterocycles. The lowest BCUT2D eigenvalue weighted by atomic mass is 9.82. The fourth-order valence-corrected chi connectivity index (χ4v) is 3.36. The second-order valence-electron chi connectivity index (χ2n) is 6.05. The number of hydrogen-bond acceptors (Lipinski definition) is 3. The SMILES string of the molecule is COc1cc2c(cc1OI)C(C)(C)/C(=C\c1ccccc1)C2=O. The predicted molar refractivity (Wildman–Crippen MR) is 99.4 cm³/mol. The molecule has 0 unspecified atom stereocenters. The number of halogens is 1. The molecule has 0 atom stereocenters. The van der Waals surface area contributed by atoms with Crippen molar-refractivity contribution in [3.05, 3.63) is 64.7 Å². The molecular formula is C19H17IO3. The van der Waals surface area contributed by atoms with E-state index in [1.165, 1.54) is 0 Å². The molecule has 118 valence electrons. The topological polar surface area (TPSA) is 35.5 Å². The van der Waals surface area contributed by atoms with Crippen LogP contribution in [0.2, 0.25) is 0 Å². The molecule has 2 aromatic rings. The second kappa shape index (κ2) is 6.00. The van der Waals surface area contributed by atoms with Crippen molar-refractivity contribution in [3.8, 4) is 11.5 Å². The van der Waals surface area contributed by atoms with Gasteiger partial charge in [0, 0.05) is 16.6 Å². The number of ketones is 1. The molecule has 1 aliphatic carbocycles. The molecule has 0 aromatic heterocycles. The molecule has 23 heavy (non-hydrogen) atoms. The van der Waals surface area contributed by atoms with Gasteiger partial charge in [0.25, 0.3) is 0 Å². The Bertz CT molecular complexity index is 792. The van der Waals surface area contributed by atoms with E-state index in [2.05, 4.69) is 13.8 Å². The van der Waals surface area contributed by atoms with Crippen LogP contribution in [0, 0.1) is 0 Å². The number of carbonyl (C=O) groups excluding carboxylic acids is 1. The van der Waals surface area contributed by atoms with Gasteiger partial charge >= 0.3 is 0 Å². The predicted octanol–water partition coefficient (Wildman–Crippen LogP) is 4.98. The fraction of sp³-hybridized carbons (Fsp3) is 0.211. The average Bonchev–Trinajstić information content (AvgIpc) is 2.75. The Balaban J connectivity index is 2.17. The number of allylic oxidation sites excluding steroid dienone is 1. The number of hydrogen-bond donors (Lipinski definition) is 0. The Kier molecular flexibility index (Phi) is 4.19. The number of rotatable bonds is 3. The Morgan fingerprint density at radius 2 is 1.78 bits per heavy atom. The standard InChI is InChI=1S/C19H17IO3/c1-19(2)14-11-17(23-20)16(22-3)10-13(14)18(21)15(19)9-12-7-5-4-6-8-12/h4-11H,1-3H3/b15-9-. The summed E-state index contributed by atoms with van der Waals surface area (Å²) < 4.78 is 10.7. The van der Waals surface area contributed by atoms with E-state index < -0.39 is 0 Å². The Morgan fingerprint density at radius 1 is 1.09 bits per heavy atom. The highest BCUT2D eigenvalue weighted by atomic mass is 127. The summed E-state index contributed by atoms with van der Waals surface area (Å²) in [5.74, 6) is 1.25. The third-order valence-corrected chi connectivity index (χ3v) is 4.81. The van der Waals surface area contributed by atoms with Crippen molar-refractivity contribution in [2.24, 2.45) is 0 Å². The minimum absolute atomic E-state index is 0.0483. The van der Waals surface area contributed by atoms with Gasteiger partial charge in [0.1, 0.15) is 0 Å². The molecule has 3 rings (SSSR count). The molecule has 0 saturated carbocycles. The van der Waals surface area contributed by atoms with E-state index in [1.807, 2.05) is 65.5 Å². The van der Waals surface area contributed by atoms with Crippen LogP contribution in [0.3, 0.4) is 0 Å². The summed E-state index contributed by atoms with van der Waals surface area (Å²) in [6, 6.07) is 13.6. The van der Waals surface area contributed by atoms with E-state index >= 15 is 0 Å². The number of ether oxygens (including phenoxy) is 1. The van der Waals surface area contributed by atoms with Crippen LogP contribution in [0.4, 0.5) is 0 Å². The molecule has 0 saturated heterocycles. The monoisotopic (exact) mass is 420 g/mol. The lowest BCUT2D eigenvalue weighted by molar-refractivity contribution is 0.103. The Morgan fingerprint density at radius 3 is 2.39 bits per heavy atom. The summed E-state index contributed by atoms with van der Waals surface area (Å²) in [6.45, 7) is 4.13. The van der Waals surface area contributed by atoms with Crippen molar-refractivity contribution in [3.63, 3.8) is 0 Å². The molecule has 0 fully saturated rings. The van der Waals surface area contributed by atoms with Gasteiger partial charge in [-0.15, -0.1) is 0 Å². The van der Waals surface area contributed by atoms with Crippen LogP contribution in [0.15, 0.2) is 48.0 Å². The van der Waals surface area contributed by atoms with Crippen LogP contribution in [0.5, 0.6) is 11.5 Å². The van der Waals surface area contributed by atoms with E-state index in [0.29, 0.717) is 17.1 Å². The van der Waals surface area contributed by atoms with Gasteiger partial charge in [-0.1, -0.05) is 44.2 Å². The number of carbonyl (C=O) groups is 1. The highest BCUT2D eigenvalue weighted by molar-refractivity contribution is 14.1. The smallest absolute Gasteiger partial charge is 0.192 e. The molecular weight excluding hydrogens is 403 g/mol. The minimum atomic E-state index is -0.377. The number of fused-ring (bicyclic) bond motifs is 1. The van der Waals surface area contributed by atoms with Gasteiger partial charge < -0.3 is 7.80 Å². The summed E-state index contributed by atoms with van der Waals surface area (Å²) >= 11 is 1.83. The maximum Gasteiger partial charge on any atom is 0.192 e. The zero-order valence-corrected chi connectivity index (χ0v) is 15.4. The summed E-state index contributed by atoms with van der Waals surface area (Å²) in [4.78, 5) is 12.9. The largest absolute Gasteiger partial charge is 0.493 e.